The lowest BCUT2D eigenvalue weighted by atomic mass is 9.95. The fourth-order valence-corrected chi connectivity index (χ4v) is 2.19. The Morgan fingerprint density at radius 2 is 2.38 bits per heavy atom. The van der Waals surface area contributed by atoms with Gasteiger partial charge in [0.25, 0.3) is 0 Å². The summed E-state index contributed by atoms with van der Waals surface area (Å²) in [6.07, 6.45) is 9.48. The highest BCUT2D eigenvalue weighted by atomic mass is 15.0. The van der Waals surface area contributed by atoms with Crippen LogP contribution in [0.4, 0.5) is 0 Å². The van der Waals surface area contributed by atoms with Crippen LogP contribution in [-0.4, -0.2) is 16.0 Å². The van der Waals surface area contributed by atoms with Crippen LogP contribution in [0, 0.1) is 6.92 Å². The second-order valence-corrected chi connectivity index (χ2v) is 4.64. The number of nitrogens with zero attached hydrogens (tertiary/aromatic N) is 1. The van der Waals surface area contributed by atoms with E-state index in [4.69, 9.17) is 0 Å². The zero-order chi connectivity index (χ0) is 11.4. The summed E-state index contributed by atoms with van der Waals surface area (Å²) in [6.45, 7) is 5.10. The highest BCUT2D eigenvalue weighted by Gasteiger charge is 2.11. The highest BCUT2D eigenvalue weighted by Crippen LogP contribution is 2.20. The smallest absolute Gasteiger partial charge is 0.120 e. The Morgan fingerprint density at radius 3 is 3.00 bits per heavy atom. The van der Waals surface area contributed by atoms with Crippen molar-refractivity contribution in [2.75, 3.05) is 0 Å². The summed E-state index contributed by atoms with van der Waals surface area (Å²) in [7, 11) is 0. The molecule has 3 heteroatoms. The Kier molecular flexibility index (Phi) is 3.78. The summed E-state index contributed by atoms with van der Waals surface area (Å²) in [5.74, 6) is 1.03. The fourth-order valence-electron chi connectivity index (χ4n) is 2.19. The normalized spacial score (nSPS) is 18.2. The number of nitrogens with one attached hydrogen (secondary N) is 2. The van der Waals surface area contributed by atoms with Gasteiger partial charge in [-0.05, 0) is 39.5 Å². The molecule has 0 radical (unpaired) electrons. The molecule has 0 aromatic carbocycles. The molecule has 1 heterocycles. The average molecular weight is 219 g/mol. The lowest BCUT2D eigenvalue weighted by molar-refractivity contribution is 0.551. The van der Waals surface area contributed by atoms with Crippen LogP contribution in [0.15, 0.2) is 17.8 Å². The van der Waals surface area contributed by atoms with Crippen molar-refractivity contribution in [3.8, 4) is 0 Å². The van der Waals surface area contributed by atoms with E-state index < -0.39 is 0 Å². The van der Waals surface area contributed by atoms with Crippen molar-refractivity contribution in [3.05, 3.63) is 29.4 Å². The molecule has 88 valence electrons. The molecule has 0 amide bonds. The van der Waals surface area contributed by atoms with E-state index in [0.29, 0.717) is 6.04 Å². The van der Waals surface area contributed by atoms with Gasteiger partial charge in [0.1, 0.15) is 5.82 Å². The van der Waals surface area contributed by atoms with Crippen LogP contribution in [0.25, 0.3) is 0 Å². The van der Waals surface area contributed by atoms with Gasteiger partial charge < -0.3 is 10.3 Å². The molecule has 0 bridgehead atoms. The first kappa shape index (κ1) is 11.4. The van der Waals surface area contributed by atoms with E-state index in [1.165, 1.54) is 25.7 Å². The maximum absolute atomic E-state index is 4.30. The Labute approximate surface area is 97.4 Å². The third-order valence-corrected chi connectivity index (χ3v) is 3.21. The second-order valence-electron chi connectivity index (χ2n) is 4.64. The molecule has 1 atom stereocenters. The van der Waals surface area contributed by atoms with Crippen LogP contribution in [0.3, 0.4) is 0 Å². The molecule has 1 aliphatic carbocycles. The molecule has 1 aliphatic rings. The van der Waals surface area contributed by atoms with Crippen LogP contribution in [0.2, 0.25) is 0 Å². The van der Waals surface area contributed by atoms with Crippen molar-refractivity contribution in [2.24, 2.45) is 0 Å². The summed E-state index contributed by atoms with van der Waals surface area (Å²) < 4.78 is 0. The average Bonchev–Trinajstić information content (AvgIpc) is 2.73. The van der Waals surface area contributed by atoms with Gasteiger partial charge in [-0.3, -0.25) is 0 Å². The molecule has 0 spiro atoms. The molecule has 1 unspecified atom stereocenters. The summed E-state index contributed by atoms with van der Waals surface area (Å²) >= 11 is 0. The van der Waals surface area contributed by atoms with Crippen molar-refractivity contribution >= 4 is 0 Å². The summed E-state index contributed by atoms with van der Waals surface area (Å²) in [4.78, 5) is 7.54. The molecule has 0 aliphatic heterocycles. The van der Waals surface area contributed by atoms with E-state index >= 15 is 0 Å². The van der Waals surface area contributed by atoms with Gasteiger partial charge in [-0.15, -0.1) is 0 Å². The summed E-state index contributed by atoms with van der Waals surface area (Å²) in [5.41, 5.74) is 2.69. The minimum atomic E-state index is 0.478. The van der Waals surface area contributed by atoms with Crippen LogP contribution >= 0.6 is 0 Å². The molecule has 0 fully saturated rings. The molecule has 1 aromatic heterocycles. The molecule has 2 N–H and O–H groups in total. The summed E-state index contributed by atoms with van der Waals surface area (Å²) in [6, 6.07) is 0.478. The first-order valence-electron chi connectivity index (χ1n) is 6.18. The molecule has 3 nitrogen and oxygen atoms in total. The SMILES string of the molecule is Cc1cnc(CNC(C)C2=CCCCC2)[nH]1. The Bertz CT molecular complexity index is 365. The highest BCUT2D eigenvalue weighted by molar-refractivity contribution is 5.12. The predicted octanol–water partition coefficient (Wildman–Crippen LogP) is 2.70. The van der Waals surface area contributed by atoms with E-state index in [1.807, 2.05) is 13.1 Å². The van der Waals surface area contributed by atoms with Gasteiger partial charge >= 0.3 is 0 Å². The number of imidazole rings is 1. The number of rotatable bonds is 4. The number of hydrogen-bond donors (Lipinski definition) is 2. The third kappa shape index (κ3) is 2.95. The topological polar surface area (TPSA) is 40.7 Å². The van der Waals surface area contributed by atoms with Gasteiger partial charge in [0.05, 0.1) is 6.54 Å². The van der Waals surface area contributed by atoms with Gasteiger partial charge in [0.15, 0.2) is 0 Å². The minimum Gasteiger partial charge on any atom is -0.345 e. The largest absolute Gasteiger partial charge is 0.345 e. The molecule has 2 rings (SSSR count). The van der Waals surface area contributed by atoms with E-state index in [0.717, 1.165) is 18.1 Å². The molecule has 16 heavy (non-hydrogen) atoms. The van der Waals surface area contributed by atoms with Crippen molar-refractivity contribution in [3.63, 3.8) is 0 Å². The van der Waals surface area contributed by atoms with Gasteiger partial charge in [0, 0.05) is 17.9 Å². The van der Waals surface area contributed by atoms with Gasteiger partial charge in [-0.1, -0.05) is 11.6 Å². The lowest BCUT2D eigenvalue weighted by Crippen LogP contribution is -2.28. The molecule has 0 saturated heterocycles. The van der Waals surface area contributed by atoms with E-state index in [-0.39, 0.29) is 0 Å². The van der Waals surface area contributed by atoms with E-state index in [2.05, 4.69) is 28.3 Å². The Hall–Kier alpha value is -1.09. The van der Waals surface area contributed by atoms with Gasteiger partial charge in [0.2, 0.25) is 0 Å². The standard InChI is InChI=1S/C13H21N3/c1-10-8-15-13(16-10)9-14-11(2)12-6-4-3-5-7-12/h6,8,11,14H,3-5,7,9H2,1-2H3,(H,15,16). The minimum absolute atomic E-state index is 0.478. The number of aromatic amines is 1. The zero-order valence-electron chi connectivity index (χ0n) is 10.2. The molecular weight excluding hydrogens is 198 g/mol. The first-order chi connectivity index (χ1) is 7.75. The maximum Gasteiger partial charge on any atom is 0.120 e. The molecule has 0 saturated carbocycles. The Morgan fingerprint density at radius 1 is 1.50 bits per heavy atom. The van der Waals surface area contributed by atoms with Gasteiger partial charge in [-0.2, -0.15) is 0 Å². The monoisotopic (exact) mass is 219 g/mol. The molecule has 1 aromatic rings. The van der Waals surface area contributed by atoms with Crippen molar-refractivity contribution in [2.45, 2.75) is 52.1 Å². The zero-order valence-corrected chi connectivity index (χ0v) is 10.2. The van der Waals surface area contributed by atoms with Crippen molar-refractivity contribution < 1.29 is 0 Å². The third-order valence-electron chi connectivity index (χ3n) is 3.21. The number of H-pyrrole nitrogens is 1. The lowest BCUT2D eigenvalue weighted by Gasteiger charge is -2.20. The quantitative estimate of drug-likeness (QED) is 0.764. The Balaban J connectivity index is 1.83. The number of aromatic nitrogens is 2. The summed E-state index contributed by atoms with van der Waals surface area (Å²) in [5, 5.41) is 3.52. The number of aryl methyl sites for hydroxylation is 1. The maximum atomic E-state index is 4.30. The number of allylic oxidation sites excluding steroid dienone is 1. The van der Waals surface area contributed by atoms with Crippen molar-refractivity contribution in [1.82, 2.24) is 15.3 Å². The first-order valence-corrected chi connectivity index (χ1v) is 6.18. The van der Waals surface area contributed by atoms with E-state index in [9.17, 15) is 0 Å². The van der Waals surface area contributed by atoms with Crippen molar-refractivity contribution in [1.29, 1.82) is 0 Å². The fraction of sp³-hybridized carbons (Fsp3) is 0.615. The van der Waals surface area contributed by atoms with Crippen LogP contribution in [0.5, 0.6) is 0 Å². The predicted molar refractivity (Wildman–Crippen MR) is 66.2 cm³/mol. The van der Waals surface area contributed by atoms with E-state index in [1.54, 1.807) is 5.57 Å². The second kappa shape index (κ2) is 5.30. The van der Waals surface area contributed by atoms with Crippen LogP contribution in [-0.2, 0) is 6.54 Å². The van der Waals surface area contributed by atoms with Crippen LogP contribution < -0.4 is 5.32 Å². The van der Waals surface area contributed by atoms with Crippen LogP contribution in [0.1, 0.15) is 44.1 Å². The van der Waals surface area contributed by atoms with Gasteiger partial charge in [-0.25, -0.2) is 4.98 Å². The molecular formula is C13H21N3. The number of hydrogen-bond acceptors (Lipinski definition) is 2.